The second kappa shape index (κ2) is 5.56. The van der Waals surface area contributed by atoms with Crippen molar-refractivity contribution in [1.29, 1.82) is 0 Å². The smallest absolute Gasteiger partial charge is 0.227 e. The van der Waals surface area contributed by atoms with Gasteiger partial charge in [0.2, 0.25) is 5.78 Å². The van der Waals surface area contributed by atoms with Crippen molar-refractivity contribution in [3.05, 3.63) is 57.1 Å². The number of Topliss-reactive ketones (excluding diaryl/α,β-unsaturated/α-hetero) is 2. The van der Waals surface area contributed by atoms with Crippen LogP contribution in [-0.4, -0.2) is 33.0 Å². The van der Waals surface area contributed by atoms with Crippen LogP contribution in [0.25, 0.3) is 0 Å². The van der Waals surface area contributed by atoms with E-state index in [1.807, 2.05) is 19.9 Å². The molecule has 0 aliphatic heterocycles. The van der Waals surface area contributed by atoms with E-state index in [0.717, 1.165) is 11.1 Å². The van der Waals surface area contributed by atoms with Crippen molar-refractivity contribution < 1.29 is 24.9 Å². The molecular weight excluding hydrogens is 320 g/mol. The van der Waals surface area contributed by atoms with Crippen molar-refractivity contribution in [2.24, 2.45) is 5.41 Å². The number of aliphatic hydroxyl groups excluding tert-OH is 3. The Bertz CT molecular complexity index is 861. The zero-order valence-electron chi connectivity index (χ0n) is 14.8. The summed E-state index contributed by atoms with van der Waals surface area (Å²) in [6.45, 7) is 6.95. The first-order chi connectivity index (χ1) is 11.6. The lowest BCUT2D eigenvalue weighted by atomic mass is 9.59. The maximum atomic E-state index is 12.6. The average Bonchev–Trinajstić information content (AvgIpc) is 2.53. The first-order valence-corrected chi connectivity index (χ1v) is 8.32. The van der Waals surface area contributed by atoms with E-state index in [4.69, 9.17) is 0 Å². The van der Waals surface area contributed by atoms with E-state index in [-0.39, 0.29) is 30.0 Å². The molecule has 0 radical (unpaired) electrons. The Morgan fingerprint density at radius 1 is 1.12 bits per heavy atom. The minimum Gasteiger partial charge on any atom is -0.507 e. The molecule has 5 heteroatoms. The van der Waals surface area contributed by atoms with Crippen LogP contribution in [0.5, 0.6) is 0 Å². The molecule has 25 heavy (non-hydrogen) atoms. The van der Waals surface area contributed by atoms with E-state index in [1.54, 1.807) is 13.0 Å². The highest BCUT2D eigenvalue weighted by Gasteiger charge is 2.48. The molecule has 0 saturated carbocycles. The number of allylic oxidation sites excluding steroid dienone is 7. The third-order valence-electron chi connectivity index (χ3n) is 5.50. The van der Waals surface area contributed by atoms with Crippen LogP contribution < -0.4 is 0 Å². The SMILES string of the molecule is CC1=C(C)C2=CC=C3C(O)=C(CC(C)O)C(=O)C(O)=C3[C@@]2(C)CC1=O. The van der Waals surface area contributed by atoms with Gasteiger partial charge in [0, 0.05) is 35.0 Å². The number of aliphatic hydroxyl groups is 3. The van der Waals surface area contributed by atoms with Crippen LogP contribution in [0.15, 0.2) is 57.1 Å². The van der Waals surface area contributed by atoms with E-state index in [1.165, 1.54) is 6.92 Å². The fourth-order valence-electron chi connectivity index (χ4n) is 4.05. The lowest BCUT2D eigenvalue weighted by Gasteiger charge is -2.43. The summed E-state index contributed by atoms with van der Waals surface area (Å²) < 4.78 is 0. The van der Waals surface area contributed by atoms with Crippen molar-refractivity contribution in [2.45, 2.75) is 46.6 Å². The minimum atomic E-state index is -0.866. The average molecular weight is 342 g/mol. The van der Waals surface area contributed by atoms with Crippen LogP contribution in [0.3, 0.4) is 0 Å². The molecule has 3 rings (SSSR count). The highest BCUT2D eigenvalue weighted by Crippen LogP contribution is 2.54. The molecule has 0 fully saturated rings. The number of ketones is 2. The predicted octanol–water partition coefficient (Wildman–Crippen LogP) is 3.15. The topological polar surface area (TPSA) is 94.8 Å². The van der Waals surface area contributed by atoms with Crippen LogP contribution in [-0.2, 0) is 9.59 Å². The van der Waals surface area contributed by atoms with E-state index in [9.17, 15) is 24.9 Å². The molecule has 0 bridgehead atoms. The molecule has 1 unspecified atom stereocenters. The fraction of sp³-hybridized carbons (Fsp3) is 0.400. The van der Waals surface area contributed by atoms with Crippen LogP contribution >= 0.6 is 0 Å². The van der Waals surface area contributed by atoms with Crippen LogP contribution in [0.4, 0.5) is 0 Å². The van der Waals surface area contributed by atoms with Crippen molar-refractivity contribution in [2.75, 3.05) is 0 Å². The molecule has 5 nitrogen and oxygen atoms in total. The molecular formula is C20H22O5. The van der Waals surface area contributed by atoms with Gasteiger partial charge >= 0.3 is 0 Å². The van der Waals surface area contributed by atoms with E-state index >= 15 is 0 Å². The van der Waals surface area contributed by atoms with Gasteiger partial charge in [0.1, 0.15) is 5.76 Å². The normalized spacial score (nSPS) is 27.9. The molecule has 3 N–H and O–H groups in total. The maximum absolute atomic E-state index is 12.6. The first-order valence-electron chi connectivity index (χ1n) is 8.32. The molecule has 0 saturated heterocycles. The van der Waals surface area contributed by atoms with Crippen molar-refractivity contribution >= 4 is 11.6 Å². The van der Waals surface area contributed by atoms with Gasteiger partial charge in [-0.25, -0.2) is 0 Å². The second-order valence-electron chi connectivity index (χ2n) is 7.28. The van der Waals surface area contributed by atoms with Crippen molar-refractivity contribution in [3.8, 4) is 0 Å². The summed E-state index contributed by atoms with van der Waals surface area (Å²) >= 11 is 0. The Balaban J connectivity index is 2.26. The van der Waals surface area contributed by atoms with Crippen molar-refractivity contribution in [1.82, 2.24) is 0 Å². The highest BCUT2D eigenvalue weighted by atomic mass is 16.3. The summed E-state index contributed by atoms with van der Waals surface area (Å²) in [6, 6.07) is 0. The maximum Gasteiger partial charge on any atom is 0.227 e. The van der Waals surface area contributed by atoms with E-state index < -0.39 is 23.1 Å². The molecule has 0 spiro atoms. The summed E-state index contributed by atoms with van der Waals surface area (Å²) in [7, 11) is 0. The summed E-state index contributed by atoms with van der Waals surface area (Å²) in [4.78, 5) is 25.0. The van der Waals surface area contributed by atoms with Gasteiger partial charge in [-0.1, -0.05) is 19.1 Å². The number of carbonyl (C=O) groups is 2. The molecule has 2 atom stereocenters. The number of hydrogen-bond acceptors (Lipinski definition) is 5. The summed E-state index contributed by atoms with van der Waals surface area (Å²) in [5, 5.41) is 30.8. The Hall–Kier alpha value is -2.40. The summed E-state index contributed by atoms with van der Waals surface area (Å²) in [5.41, 5.74) is 2.15. The van der Waals surface area contributed by atoms with Gasteiger partial charge in [0.15, 0.2) is 11.5 Å². The molecule has 0 aromatic heterocycles. The third kappa shape index (κ3) is 2.34. The fourth-order valence-corrected chi connectivity index (χ4v) is 4.05. The highest BCUT2D eigenvalue weighted by molar-refractivity contribution is 6.11. The molecule has 3 aliphatic rings. The van der Waals surface area contributed by atoms with Crippen LogP contribution in [0, 0.1) is 5.41 Å². The number of fused-ring (bicyclic) bond motifs is 3. The van der Waals surface area contributed by atoms with Gasteiger partial charge in [-0.3, -0.25) is 9.59 Å². The van der Waals surface area contributed by atoms with Crippen LogP contribution in [0.1, 0.15) is 40.5 Å². The first kappa shape index (κ1) is 17.4. The van der Waals surface area contributed by atoms with Gasteiger partial charge in [0.05, 0.1) is 6.10 Å². The summed E-state index contributed by atoms with van der Waals surface area (Å²) in [6.07, 6.45) is 2.75. The Labute approximate surface area is 146 Å². The predicted molar refractivity (Wildman–Crippen MR) is 92.9 cm³/mol. The molecule has 3 aliphatic carbocycles. The van der Waals surface area contributed by atoms with Gasteiger partial charge < -0.3 is 15.3 Å². The molecule has 132 valence electrons. The third-order valence-corrected chi connectivity index (χ3v) is 5.50. The van der Waals surface area contributed by atoms with Gasteiger partial charge in [-0.05, 0) is 37.5 Å². The lowest BCUT2D eigenvalue weighted by Crippen LogP contribution is -2.37. The zero-order valence-corrected chi connectivity index (χ0v) is 14.8. The standard InChI is InChI=1S/C20H22O5/c1-9(21)7-13-17(23)12-5-6-14-10(2)11(3)15(22)8-20(14,4)16(12)19(25)18(13)24/h5-6,9,21,23,25H,7-8H2,1-4H3/t9?,20-/m0/s1. The Morgan fingerprint density at radius 2 is 1.76 bits per heavy atom. The van der Waals surface area contributed by atoms with E-state index in [0.29, 0.717) is 16.7 Å². The zero-order chi connectivity index (χ0) is 18.7. The van der Waals surface area contributed by atoms with E-state index in [2.05, 4.69) is 0 Å². The lowest BCUT2D eigenvalue weighted by molar-refractivity contribution is -0.118. The Morgan fingerprint density at radius 3 is 2.36 bits per heavy atom. The van der Waals surface area contributed by atoms with Gasteiger partial charge in [-0.2, -0.15) is 0 Å². The second-order valence-corrected chi connectivity index (χ2v) is 7.28. The Kier molecular flexibility index (Phi) is 3.88. The number of carbonyl (C=O) groups excluding carboxylic acids is 2. The quantitative estimate of drug-likeness (QED) is 0.716. The molecule has 0 amide bonds. The van der Waals surface area contributed by atoms with Gasteiger partial charge in [-0.15, -0.1) is 0 Å². The van der Waals surface area contributed by atoms with Crippen molar-refractivity contribution in [3.63, 3.8) is 0 Å². The largest absolute Gasteiger partial charge is 0.507 e. The number of hydrogen-bond donors (Lipinski definition) is 3. The monoisotopic (exact) mass is 342 g/mol. The van der Waals surface area contributed by atoms with Gasteiger partial charge in [0.25, 0.3) is 0 Å². The minimum absolute atomic E-state index is 0.00599. The van der Waals surface area contributed by atoms with Crippen LogP contribution in [0.2, 0.25) is 0 Å². The summed E-state index contributed by atoms with van der Waals surface area (Å²) in [5.74, 6) is -1.41. The molecule has 0 aromatic rings. The molecule has 0 heterocycles. The molecule has 0 aromatic carbocycles. The number of rotatable bonds is 2.